The number of aliphatic hydroxyl groups excluding tert-OH is 1. The van der Waals surface area contributed by atoms with Crippen molar-refractivity contribution in [3.63, 3.8) is 0 Å². The third-order valence-electron chi connectivity index (χ3n) is 1.33. The number of rotatable bonds is 1. The predicted molar refractivity (Wildman–Crippen MR) is 36.7 cm³/mol. The van der Waals surface area contributed by atoms with Crippen molar-refractivity contribution in [2.45, 2.75) is 6.10 Å². The van der Waals surface area contributed by atoms with Crippen molar-refractivity contribution in [3.05, 3.63) is 42.3 Å². The summed E-state index contributed by atoms with van der Waals surface area (Å²) >= 11 is 0. The van der Waals surface area contributed by atoms with Crippen LogP contribution in [0.25, 0.3) is 0 Å². The van der Waals surface area contributed by atoms with Gasteiger partial charge in [0.15, 0.2) is 11.6 Å². The Morgan fingerprint density at radius 2 is 1.83 bits per heavy atom. The zero-order chi connectivity index (χ0) is 8.43. The first-order chi connectivity index (χ1) is 5.11. The molecule has 1 unspecified atom stereocenters. The normalized spacial score (nSPS) is 12.0. The quantitative estimate of drug-likeness (QED) is 0.427. The summed E-state index contributed by atoms with van der Waals surface area (Å²) in [5.74, 6) is -1.89. The third-order valence-corrected chi connectivity index (χ3v) is 1.33. The van der Waals surface area contributed by atoms with Gasteiger partial charge >= 0.3 is 29.6 Å². The fourth-order valence-electron chi connectivity index (χ4n) is 0.720. The molecule has 0 radical (unpaired) electrons. The largest absolute Gasteiger partial charge is 1.00 e. The Labute approximate surface area is 91.7 Å². The second-order valence-corrected chi connectivity index (χ2v) is 2.19. The molecule has 0 heterocycles. The van der Waals surface area contributed by atoms with E-state index in [1.807, 2.05) is 0 Å². The molecular formula is C8H7F2NaO. The molecule has 60 valence electrons. The van der Waals surface area contributed by atoms with Crippen molar-refractivity contribution in [2.75, 3.05) is 0 Å². The molecular weight excluding hydrogens is 173 g/mol. The Morgan fingerprint density at radius 1 is 1.25 bits per heavy atom. The fraction of sp³-hybridized carbons (Fsp3) is 0.125. The van der Waals surface area contributed by atoms with Gasteiger partial charge < -0.3 is 12.0 Å². The number of hydrogen-bond donors (Lipinski definition) is 1. The van der Waals surface area contributed by atoms with Gasteiger partial charge in [0.05, 0.1) is 0 Å². The van der Waals surface area contributed by atoms with Crippen LogP contribution in [-0.4, -0.2) is 5.11 Å². The Bertz CT molecular complexity index is 263. The molecule has 0 amide bonds. The molecule has 1 N–H and O–H groups in total. The molecule has 12 heavy (non-hydrogen) atoms. The van der Waals surface area contributed by atoms with Gasteiger partial charge in [0.1, 0.15) is 0 Å². The van der Waals surface area contributed by atoms with Crippen molar-refractivity contribution in [1.82, 2.24) is 0 Å². The summed E-state index contributed by atoms with van der Waals surface area (Å²) in [4.78, 5) is 0. The van der Waals surface area contributed by atoms with E-state index in [1.54, 1.807) is 0 Å². The summed E-state index contributed by atoms with van der Waals surface area (Å²) in [6, 6.07) is 3.17. The standard InChI is InChI=1S/C8H7F2O.Na/c1-5(11)6-2-3-7(9)8(10)4-6;/h2-5,11H,1H2;/q-1;+1. The van der Waals surface area contributed by atoms with Crippen molar-refractivity contribution >= 4 is 0 Å². The summed E-state index contributed by atoms with van der Waals surface area (Å²) in [5, 5.41) is 8.84. The molecule has 0 fully saturated rings. The van der Waals surface area contributed by atoms with E-state index in [4.69, 9.17) is 5.11 Å². The number of aliphatic hydroxyl groups is 1. The Morgan fingerprint density at radius 3 is 2.25 bits per heavy atom. The summed E-state index contributed by atoms with van der Waals surface area (Å²) in [7, 11) is 0. The van der Waals surface area contributed by atoms with Gasteiger partial charge in [-0.15, -0.1) is 0 Å². The summed E-state index contributed by atoms with van der Waals surface area (Å²) in [6.07, 6.45) is -1.01. The van der Waals surface area contributed by atoms with Crippen molar-refractivity contribution in [2.24, 2.45) is 0 Å². The molecule has 0 saturated carbocycles. The van der Waals surface area contributed by atoms with Crippen LogP contribution in [0.4, 0.5) is 8.78 Å². The van der Waals surface area contributed by atoms with Gasteiger partial charge in [-0.3, -0.25) is 0 Å². The molecule has 0 aliphatic carbocycles. The zero-order valence-corrected chi connectivity index (χ0v) is 8.72. The van der Waals surface area contributed by atoms with Gasteiger partial charge in [0.25, 0.3) is 0 Å². The minimum Gasteiger partial charge on any atom is -0.421 e. The predicted octanol–water partition coefficient (Wildman–Crippen LogP) is -1.16. The van der Waals surface area contributed by atoms with Crippen LogP contribution >= 0.6 is 0 Å². The van der Waals surface area contributed by atoms with E-state index in [0.717, 1.165) is 12.1 Å². The smallest absolute Gasteiger partial charge is 0.421 e. The molecule has 0 bridgehead atoms. The molecule has 1 atom stereocenters. The number of benzene rings is 1. The van der Waals surface area contributed by atoms with Crippen LogP contribution < -0.4 is 29.6 Å². The molecule has 1 aromatic rings. The monoisotopic (exact) mass is 180 g/mol. The molecule has 0 spiro atoms. The van der Waals surface area contributed by atoms with Crippen molar-refractivity contribution < 1.29 is 43.4 Å². The Balaban J connectivity index is 0.00000121. The van der Waals surface area contributed by atoms with E-state index in [1.165, 1.54) is 6.07 Å². The molecule has 0 aliphatic heterocycles. The third kappa shape index (κ3) is 2.83. The molecule has 1 aromatic carbocycles. The SMILES string of the molecule is [CH2-]C(O)c1ccc(F)c(F)c1.[Na+]. The maximum Gasteiger partial charge on any atom is 1.00 e. The maximum atomic E-state index is 12.4. The van der Waals surface area contributed by atoms with Gasteiger partial charge in [-0.2, -0.15) is 0 Å². The molecule has 0 aliphatic rings. The van der Waals surface area contributed by atoms with Gasteiger partial charge in [-0.05, 0) is 23.8 Å². The second kappa shape index (κ2) is 4.92. The first-order valence-electron chi connectivity index (χ1n) is 3.07. The molecule has 1 rings (SSSR count). The first-order valence-corrected chi connectivity index (χ1v) is 3.07. The minimum atomic E-state index is -1.01. The summed E-state index contributed by atoms with van der Waals surface area (Å²) < 4.78 is 24.7. The minimum absolute atomic E-state index is 0. The number of hydrogen-bond acceptors (Lipinski definition) is 1. The topological polar surface area (TPSA) is 20.2 Å². The fourth-order valence-corrected chi connectivity index (χ4v) is 0.720. The molecule has 0 saturated heterocycles. The van der Waals surface area contributed by atoms with Crippen LogP contribution in [0.1, 0.15) is 11.7 Å². The van der Waals surface area contributed by atoms with Crippen molar-refractivity contribution in [1.29, 1.82) is 0 Å². The van der Waals surface area contributed by atoms with Gasteiger partial charge in [0, 0.05) is 0 Å². The van der Waals surface area contributed by atoms with Crippen LogP contribution in [0.2, 0.25) is 0 Å². The molecule has 1 nitrogen and oxygen atoms in total. The van der Waals surface area contributed by atoms with Crippen molar-refractivity contribution in [3.8, 4) is 0 Å². The zero-order valence-electron chi connectivity index (χ0n) is 6.72. The van der Waals surface area contributed by atoms with Crippen LogP contribution in [0.3, 0.4) is 0 Å². The summed E-state index contributed by atoms with van der Waals surface area (Å²) in [6.45, 7) is 3.25. The van der Waals surface area contributed by atoms with Gasteiger partial charge in [-0.1, -0.05) is 6.07 Å². The van der Waals surface area contributed by atoms with Gasteiger partial charge in [0.2, 0.25) is 0 Å². The van der Waals surface area contributed by atoms with E-state index in [0.29, 0.717) is 0 Å². The molecule has 0 aromatic heterocycles. The average molecular weight is 180 g/mol. The van der Waals surface area contributed by atoms with E-state index in [2.05, 4.69) is 6.92 Å². The van der Waals surface area contributed by atoms with E-state index in [9.17, 15) is 8.78 Å². The van der Waals surface area contributed by atoms with Crippen LogP contribution in [0, 0.1) is 18.6 Å². The maximum absolute atomic E-state index is 12.4. The van der Waals surface area contributed by atoms with Crippen LogP contribution in [-0.2, 0) is 0 Å². The van der Waals surface area contributed by atoms with Crippen LogP contribution in [0.5, 0.6) is 0 Å². The first kappa shape index (κ1) is 12.0. The number of halogens is 2. The van der Waals surface area contributed by atoms with Crippen LogP contribution in [0.15, 0.2) is 18.2 Å². The summed E-state index contributed by atoms with van der Waals surface area (Å²) in [5.41, 5.74) is 0.268. The average Bonchev–Trinajstić information content (AvgIpc) is 1.94. The second-order valence-electron chi connectivity index (χ2n) is 2.19. The van der Waals surface area contributed by atoms with Gasteiger partial charge in [-0.25, -0.2) is 8.78 Å². The Kier molecular flexibility index (Phi) is 4.94. The van der Waals surface area contributed by atoms with E-state index < -0.39 is 17.7 Å². The van der Waals surface area contributed by atoms with E-state index >= 15 is 0 Å². The molecule has 4 heteroatoms. The Hall–Kier alpha value is 0.0400. The van der Waals surface area contributed by atoms with E-state index in [-0.39, 0.29) is 35.1 Å².